The van der Waals surface area contributed by atoms with Gasteiger partial charge in [0.15, 0.2) is 0 Å². The van der Waals surface area contributed by atoms with Gasteiger partial charge < -0.3 is 10.1 Å². The molecule has 1 N–H and O–H groups in total. The number of likely N-dealkylation sites (N-methyl/N-ethyl adjacent to an activating group) is 1. The zero-order valence-corrected chi connectivity index (χ0v) is 9.82. The van der Waals surface area contributed by atoms with Crippen molar-refractivity contribution < 1.29 is 9.53 Å². The molecule has 1 heterocycles. The van der Waals surface area contributed by atoms with Gasteiger partial charge in [-0.15, -0.1) is 11.3 Å². The Morgan fingerprint density at radius 2 is 2.40 bits per heavy atom. The van der Waals surface area contributed by atoms with Crippen LogP contribution in [-0.2, 0) is 11.2 Å². The molecule has 1 aromatic rings. The van der Waals surface area contributed by atoms with E-state index in [1.807, 2.05) is 18.5 Å². The lowest BCUT2D eigenvalue weighted by Crippen LogP contribution is -2.29. The molecule has 0 amide bonds. The van der Waals surface area contributed by atoms with Crippen LogP contribution in [0.15, 0.2) is 11.4 Å². The molecular weight excluding hydrogens is 210 g/mol. The largest absolute Gasteiger partial charge is 0.465 e. The quantitative estimate of drug-likeness (QED) is 0.794. The van der Waals surface area contributed by atoms with E-state index in [2.05, 4.69) is 10.1 Å². The number of carbonyl (C=O) groups excluding carboxylic acids is 1. The molecule has 0 unspecified atom stereocenters. The van der Waals surface area contributed by atoms with E-state index in [0.717, 1.165) is 6.42 Å². The summed E-state index contributed by atoms with van der Waals surface area (Å²) in [5.74, 6) is -0.244. The lowest BCUT2D eigenvalue weighted by atomic mass is 10.1. The first-order valence-corrected chi connectivity index (χ1v) is 5.92. The summed E-state index contributed by atoms with van der Waals surface area (Å²) in [6, 6.07) is 1.94. The minimum absolute atomic E-state index is 0.244. The van der Waals surface area contributed by atoms with E-state index in [-0.39, 0.29) is 5.97 Å². The fourth-order valence-electron chi connectivity index (χ4n) is 1.70. The summed E-state index contributed by atoms with van der Waals surface area (Å²) in [5, 5.41) is 5.21. The first-order chi connectivity index (χ1) is 7.19. The van der Waals surface area contributed by atoms with Crippen LogP contribution in [0.5, 0.6) is 0 Å². The Morgan fingerprint density at radius 3 is 2.93 bits per heavy atom. The van der Waals surface area contributed by atoms with Gasteiger partial charge in [-0.25, -0.2) is 4.79 Å². The second-order valence-corrected chi connectivity index (χ2v) is 5.00. The molecule has 0 saturated heterocycles. The zero-order valence-electron chi connectivity index (χ0n) is 9.00. The highest BCUT2D eigenvalue weighted by atomic mass is 32.1. The smallest absolute Gasteiger partial charge is 0.338 e. The van der Waals surface area contributed by atoms with Gasteiger partial charge in [0.05, 0.1) is 12.7 Å². The predicted molar refractivity (Wildman–Crippen MR) is 60.4 cm³/mol. The number of rotatable bonds is 4. The molecule has 0 bridgehead atoms. The molecule has 1 aromatic heterocycles. The van der Waals surface area contributed by atoms with Crippen LogP contribution in [0, 0.1) is 0 Å². The third-order valence-corrected chi connectivity index (χ3v) is 3.91. The summed E-state index contributed by atoms with van der Waals surface area (Å²) in [6.45, 7) is 0. The van der Waals surface area contributed by atoms with Crippen molar-refractivity contribution in [2.45, 2.75) is 24.8 Å². The number of hydrogen-bond donors (Lipinski definition) is 1. The van der Waals surface area contributed by atoms with Gasteiger partial charge in [0.25, 0.3) is 0 Å². The lowest BCUT2D eigenvalue weighted by molar-refractivity contribution is 0.0601. The molecule has 4 heteroatoms. The fraction of sp³-hybridized carbons (Fsp3) is 0.545. The minimum Gasteiger partial charge on any atom is -0.465 e. The summed E-state index contributed by atoms with van der Waals surface area (Å²) in [7, 11) is 3.41. The molecule has 0 aliphatic heterocycles. The Kier molecular flexibility index (Phi) is 2.80. The molecule has 1 saturated carbocycles. The first kappa shape index (κ1) is 10.6. The maximum Gasteiger partial charge on any atom is 0.338 e. The molecule has 0 atom stereocenters. The molecule has 2 rings (SSSR count). The van der Waals surface area contributed by atoms with Crippen LogP contribution in [0.2, 0.25) is 0 Å². The van der Waals surface area contributed by atoms with E-state index in [1.54, 1.807) is 11.3 Å². The van der Waals surface area contributed by atoms with Gasteiger partial charge in [-0.3, -0.25) is 0 Å². The summed E-state index contributed by atoms with van der Waals surface area (Å²) in [4.78, 5) is 12.5. The van der Waals surface area contributed by atoms with Gasteiger partial charge in [0.1, 0.15) is 0 Å². The van der Waals surface area contributed by atoms with Gasteiger partial charge in [0, 0.05) is 15.8 Å². The molecule has 0 spiro atoms. The summed E-state index contributed by atoms with van der Waals surface area (Å²) in [5.41, 5.74) is 0.975. The molecule has 1 aliphatic rings. The first-order valence-electron chi connectivity index (χ1n) is 5.04. The number of hydrogen-bond acceptors (Lipinski definition) is 4. The van der Waals surface area contributed by atoms with Crippen LogP contribution in [0.4, 0.5) is 0 Å². The number of ether oxygens (including phenoxy) is 1. The second kappa shape index (κ2) is 3.94. The molecule has 82 valence electrons. The van der Waals surface area contributed by atoms with Gasteiger partial charge in [-0.2, -0.15) is 0 Å². The molecule has 1 aliphatic carbocycles. The predicted octanol–water partition coefficient (Wildman–Crippen LogP) is 1.83. The molecule has 1 fully saturated rings. The Morgan fingerprint density at radius 1 is 1.67 bits per heavy atom. The highest BCUT2D eigenvalue weighted by Crippen LogP contribution is 2.39. The van der Waals surface area contributed by atoms with Crippen LogP contribution in [0.3, 0.4) is 0 Å². The van der Waals surface area contributed by atoms with Crippen molar-refractivity contribution in [3.05, 3.63) is 21.9 Å². The maximum absolute atomic E-state index is 11.2. The number of nitrogens with one attached hydrogen (secondary N) is 1. The molecule has 0 radical (unpaired) electrons. The van der Waals surface area contributed by atoms with Crippen molar-refractivity contribution in [3.63, 3.8) is 0 Å². The number of methoxy groups -OCH3 is 1. The van der Waals surface area contributed by atoms with Crippen LogP contribution in [0.1, 0.15) is 28.1 Å². The van der Waals surface area contributed by atoms with Crippen LogP contribution < -0.4 is 5.32 Å². The maximum atomic E-state index is 11.2. The van der Waals surface area contributed by atoms with E-state index in [9.17, 15) is 4.79 Å². The average molecular weight is 225 g/mol. The number of thiophene rings is 1. The van der Waals surface area contributed by atoms with Crippen LogP contribution in [0.25, 0.3) is 0 Å². The fourth-order valence-corrected chi connectivity index (χ4v) is 2.70. The molecular formula is C11H15NO2S. The highest BCUT2D eigenvalue weighted by Gasteiger charge is 2.41. The van der Waals surface area contributed by atoms with Gasteiger partial charge in [-0.1, -0.05) is 0 Å². The Labute approximate surface area is 93.4 Å². The van der Waals surface area contributed by atoms with Crippen molar-refractivity contribution in [1.29, 1.82) is 0 Å². The van der Waals surface area contributed by atoms with Crippen molar-refractivity contribution in [2.24, 2.45) is 0 Å². The monoisotopic (exact) mass is 225 g/mol. The van der Waals surface area contributed by atoms with Crippen molar-refractivity contribution in [3.8, 4) is 0 Å². The second-order valence-electron chi connectivity index (χ2n) is 4.00. The lowest BCUT2D eigenvalue weighted by Gasteiger charge is -2.11. The molecule has 0 aromatic carbocycles. The van der Waals surface area contributed by atoms with Crippen molar-refractivity contribution in [2.75, 3.05) is 14.2 Å². The average Bonchev–Trinajstić information content (AvgIpc) is 2.87. The Balaban J connectivity index is 2.04. The zero-order chi connectivity index (χ0) is 10.9. The van der Waals surface area contributed by atoms with E-state index in [1.165, 1.54) is 24.8 Å². The highest BCUT2D eigenvalue weighted by molar-refractivity contribution is 7.10. The molecule has 15 heavy (non-hydrogen) atoms. The van der Waals surface area contributed by atoms with Gasteiger partial charge in [-0.05, 0) is 32.4 Å². The normalized spacial score (nSPS) is 17.5. The summed E-state index contributed by atoms with van der Waals surface area (Å²) in [6.07, 6.45) is 3.48. The standard InChI is InChI=1S/C11H15NO2S/c1-12-11(3-4-11)6-9-5-8(7-15-9)10(13)14-2/h5,7,12H,3-4,6H2,1-2H3. The Bertz CT molecular complexity index is 368. The number of esters is 1. The number of carbonyl (C=O) groups is 1. The Hall–Kier alpha value is -0.870. The minimum atomic E-state index is -0.244. The topological polar surface area (TPSA) is 38.3 Å². The van der Waals surface area contributed by atoms with E-state index in [4.69, 9.17) is 0 Å². The van der Waals surface area contributed by atoms with E-state index < -0.39 is 0 Å². The third-order valence-electron chi connectivity index (χ3n) is 2.97. The summed E-state index contributed by atoms with van der Waals surface area (Å²) >= 11 is 1.63. The van der Waals surface area contributed by atoms with Gasteiger partial charge in [0.2, 0.25) is 0 Å². The third kappa shape index (κ3) is 2.21. The van der Waals surface area contributed by atoms with E-state index in [0.29, 0.717) is 11.1 Å². The van der Waals surface area contributed by atoms with E-state index >= 15 is 0 Å². The molecule has 3 nitrogen and oxygen atoms in total. The van der Waals surface area contributed by atoms with Crippen LogP contribution in [-0.4, -0.2) is 25.7 Å². The SMILES string of the molecule is CNC1(Cc2cc(C(=O)OC)cs2)CC1. The van der Waals surface area contributed by atoms with Crippen LogP contribution >= 0.6 is 11.3 Å². The summed E-state index contributed by atoms with van der Waals surface area (Å²) < 4.78 is 4.67. The van der Waals surface area contributed by atoms with Crippen molar-refractivity contribution >= 4 is 17.3 Å². The van der Waals surface area contributed by atoms with Crippen molar-refractivity contribution in [1.82, 2.24) is 5.32 Å². The van der Waals surface area contributed by atoms with Gasteiger partial charge >= 0.3 is 5.97 Å².